The number of fused-ring (bicyclic) bond motifs is 1. The van der Waals surface area contributed by atoms with E-state index in [0.29, 0.717) is 29.3 Å². The van der Waals surface area contributed by atoms with Gasteiger partial charge in [0.2, 0.25) is 5.91 Å². The van der Waals surface area contributed by atoms with Crippen LogP contribution in [0.1, 0.15) is 46.6 Å². The molecule has 6 heteroatoms. The molecule has 0 unspecified atom stereocenters. The Morgan fingerprint density at radius 3 is 2.45 bits per heavy atom. The average molecular weight is 403 g/mol. The van der Waals surface area contributed by atoms with E-state index in [0.717, 1.165) is 11.8 Å². The molecule has 0 saturated heterocycles. The quantitative estimate of drug-likeness (QED) is 0.736. The van der Waals surface area contributed by atoms with Gasteiger partial charge in [-0.1, -0.05) is 34.6 Å². The van der Waals surface area contributed by atoms with Crippen molar-refractivity contribution in [3.63, 3.8) is 0 Å². The molecule has 160 valence electrons. The molecule has 1 aromatic carbocycles. The first-order valence-corrected chi connectivity index (χ1v) is 10.2. The lowest BCUT2D eigenvalue weighted by Crippen LogP contribution is -2.40. The Labute approximate surface area is 173 Å². The molecule has 2 aromatic rings. The van der Waals surface area contributed by atoms with E-state index in [2.05, 4.69) is 13.8 Å². The predicted molar refractivity (Wildman–Crippen MR) is 117 cm³/mol. The maximum absolute atomic E-state index is 13.3. The van der Waals surface area contributed by atoms with Crippen molar-refractivity contribution in [3.05, 3.63) is 40.2 Å². The van der Waals surface area contributed by atoms with E-state index >= 15 is 0 Å². The molecule has 0 fully saturated rings. The molecule has 0 atom stereocenters. The second-order valence-corrected chi connectivity index (χ2v) is 8.91. The first kappa shape index (κ1) is 22.9. The van der Waals surface area contributed by atoms with E-state index < -0.39 is 0 Å². The molecule has 0 saturated carbocycles. The number of ether oxygens (including phenoxy) is 1. The summed E-state index contributed by atoms with van der Waals surface area (Å²) >= 11 is 0. The largest absolute Gasteiger partial charge is 0.497 e. The van der Waals surface area contributed by atoms with E-state index in [-0.39, 0.29) is 36.6 Å². The van der Waals surface area contributed by atoms with Crippen LogP contribution in [-0.4, -0.2) is 47.3 Å². The number of carbonyl (C=O) groups is 1. The van der Waals surface area contributed by atoms with Gasteiger partial charge in [0.25, 0.3) is 5.56 Å². The molecule has 6 nitrogen and oxygen atoms in total. The first-order chi connectivity index (χ1) is 13.6. The Kier molecular flexibility index (Phi) is 7.47. The van der Waals surface area contributed by atoms with Crippen molar-refractivity contribution in [1.29, 1.82) is 0 Å². The van der Waals surface area contributed by atoms with Crippen LogP contribution in [0.5, 0.6) is 5.75 Å². The van der Waals surface area contributed by atoms with Gasteiger partial charge in [-0.15, -0.1) is 0 Å². The molecule has 0 spiro atoms. The number of amides is 1. The Morgan fingerprint density at radius 1 is 1.21 bits per heavy atom. The van der Waals surface area contributed by atoms with Crippen LogP contribution >= 0.6 is 0 Å². The highest BCUT2D eigenvalue weighted by atomic mass is 16.5. The normalized spacial score (nSPS) is 11.9. The van der Waals surface area contributed by atoms with Crippen molar-refractivity contribution in [3.8, 4) is 5.75 Å². The van der Waals surface area contributed by atoms with Gasteiger partial charge in [0.05, 0.1) is 19.2 Å². The standard InChI is InChI=1S/C23H34N2O4/c1-16(2)9-10-24(11-12-26)21(27)15-25-20-14-18(29-6)8-7-17(20)13-19(22(25)28)23(3,4)5/h7-8,13-14,16,26H,9-12,15H2,1-6H3. The zero-order valence-corrected chi connectivity index (χ0v) is 18.5. The van der Waals surface area contributed by atoms with E-state index in [9.17, 15) is 14.7 Å². The van der Waals surface area contributed by atoms with Crippen LogP contribution in [0.4, 0.5) is 0 Å². The zero-order valence-electron chi connectivity index (χ0n) is 18.5. The van der Waals surface area contributed by atoms with Gasteiger partial charge in [-0.3, -0.25) is 14.2 Å². The number of aromatic nitrogens is 1. The SMILES string of the molecule is COc1ccc2cc(C(C)(C)C)c(=O)n(CC(=O)N(CCO)CCC(C)C)c2c1. The summed E-state index contributed by atoms with van der Waals surface area (Å²) in [6.45, 7) is 10.8. The first-order valence-electron chi connectivity index (χ1n) is 10.2. The van der Waals surface area contributed by atoms with Crippen molar-refractivity contribution in [2.24, 2.45) is 5.92 Å². The molecule has 0 radical (unpaired) electrons. The Hall–Kier alpha value is -2.34. The fraction of sp³-hybridized carbons (Fsp3) is 0.565. The third-order valence-corrected chi connectivity index (χ3v) is 5.10. The van der Waals surface area contributed by atoms with Gasteiger partial charge in [0.15, 0.2) is 0 Å². The minimum atomic E-state index is -0.349. The number of methoxy groups -OCH3 is 1. The van der Waals surface area contributed by atoms with Crippen LogP contribution in [0.25, 0.3) is 10.9 Å². The average Bonchev–Trinajstić information content (AvgIpc) is 2.65. The van der Waals surface area contributed by atoms with E-state index in [1.807, 2.05) is 39.0 Å². The second-order valence-electron chi connectivity index (χ2n) is 8.91. The van der Waals surface area contributed by atoms with Crippen LogP contribution in [0, 0.1) is 5.92 Å². The monoisotopic (exact) mass is 402 g/mol. The molecule has 0 bridgehead atoms. The maximum Gasteiger partial charge on any atom is 0.255 e. The van der Waals surface area contributed by atoms with Gasteiger partial charge < -0.3 is 14.7 Å². The molecular formula is C23H34N2O4. The van der Waals surface area contributed by atoms with E-state index in [4.69, 9.17) is 4.74 Å². The topological polar surface area (TPSA) is 71.8 Å². The third-order valence-electron chi connectivity index (χ3n) is 5.10. The number of aliphatic hydroxyl groups excluding tert-OH is 1. The lowest BCUT2D eigenvalue weighted by atomic mass is 9.87. The Bertz CT molecular complexity index is 909. The zero-order chi connectivity index (χ0) is 21.8. The van der Waals surface area contributed by atoms with E-state index in [1.165, 1.54) is 0 Å². The number of benzene rings is 1. The summed E-state index contributed by atoms with van der Waals surface area (Å²) in [6, 6.07) is 7.46. The molecule has 1 amide bonds. The highest BCUT2D eigenvalue weighted by Crippen LogP contribution is 2.25. The van der Waals surface area contributed by atoms with Crippen molar-refractivity contribution in [2.75, 3.05) is 26.8 Å². The highest BCUT2D eigenvalue weighted by Gasteiger charge is 2.23. The van der Waals surface area contributed by atoms with Crippen molar-refractivity contribution in [1.82, 2.24) is 9.47 Å². The third kappa shape index (κ3) is 5.60. The number of aliphatic hydroxyl groups is 1. The van der Waals surface area contributed by atoms with Gasteiger partial charge in [-0.25, -0.2) is 0 Å². The molecule has 1 heterocycles. The Balaban J connectivity index is 2.54. The van der Waals surface area contributed by atoms with Gasteiger partial charge in [0, 0.05) is 24.7 Å². The summed E-state index contributed by atoms with van der Waals surface area (Å²) in [7, 11) is 1.58. The van der Waals surface area contributed by atoms with Crippen LogP contribution in [-0.2, 0) is 16.8 Å². The number of rotatable bonds is 8. The minimum absolute atomic E-state index is 0.0650. The summed E-state index contributed by atoms with van der Waals surface area (Å²) in [5.41, 5.74) is 0.820. The molecule has 2 rings (SSSR count). The number of hydrogen-bond donors (Lipinski definition) is 1. The smallest absolute Gasteiger partial charge is 0.255 e. The number of nitrogens with zero attached hydrogens (tertiary/aromatic N) is 2. The van der Waals surface area contributed by atoms with Crippen molar-refractivity contribution >= 4 is 16.8 Å². The highest BCUT2D eigenvalue weighted by molar-refractivity contribution is 5.84. The summed E-state index contributed by atoms with van der Waals surface area (Å²) < 4.78 is 6.87. The molecule has 0 aliphatic carbocycles. The lowest BCUT2D eigenvalue weighted by Gasteiger charge is -2.25. The predicted octanol–water partition coefficient (Wildman–Crippen LogP) is 3.17. The Morgan fingerprint density at radius 2 is 1.90 bits per heavy atom. The van der Waals surface area contributed by atoms with Gasteiger partial charge >= 0.3 is 0 Å². The van der Waals surface area contributed by atoms with Crippen LogP contribution in [0.3, 0.4) is 0 Å². The molecule has 29 heavy (non-hydrogen) atoms. The van der Waals surface area contributed by atoms with Crippen molar-refractivity contribution < 1.29 is 14.6 Å². The van der Waals surface area contributed by atoms with Crippen LogP contribution in [0.2, 0.25) is 0 Å². The van der Waals surface area contributed by atoms with Gasteiger partial charge in [-0.2, -0.15) is 0 Å². The number of pyridine rings is 1. The fourth-order valence-corrected chi connectivity index (χ4v) is 3.30. The van der Waals surface area contributed by atoms with Crippen molar-refractivity contribution in [2.45, 2.75) is 53.0 Å². The minimum Gasteiger partial charge on any atom is -0.497 e. The molecular weight excluding hydrogens is 368 g/mol. The molecule has 0 aliphatic rings. The summed E-state index contributed by atoms with van der Waals surface area (Å²) in [5.74, 6) is 0.909. The molecule has 1 aromatic heterocycles. The number of carbonyl (C=O) groups excluding carboxylic acids is 1. The van der Waals surface area contributed by atoms with Crippen LogP contribution in [0.15, 0.2) is 29.1 Å². The second kappa shape index (κ2) is 9.44. The molecule has 0 aliphatic heterocycles. The maximum atomic E-state index is 13.3. The summed E-state index contributed by atoms with van der Waals surface area (Å²) in [6.07, 6.45) is 0.844. The van der Waals surface area contributed by atoms with Gasteiger partial charge in [0.1, 0.15) is 12.3 Å². The van der Waals surface area contributed by atoms with Crippen LogP contribution < -0.4 is 10.3 Å². The summed E-state index contributed by atoms with van der Waals surface area (Å²) in [4.78, 5) is 28.0. The fourth-order valence-electron chi connectivity index (χ4n) is 3.30. The van der Waals surface area contributed by atoms with E-state index in [1.54, 1.807) is 22.6 Å². The number of hydrogen-bond acceptors (Lipinski definition) is 4. The lowest BCUT2D eigenvalue weighted by molar-refractivity contribution is -0.132. The van der Waals surface area contributed by atoms with Gasteiger partial charge in [-0.05, 0) is 41.3 Å². The molecule has 1 N–H and O–H groups in total. The summed E-state index contributed by atoms with van der Waals surface area (Å²) in [5, 5.41) is 10.3.